The van der Waals surface area contributed by atoms with E-state index >= 15 is 0 Å². The number of halogens is 1. The van der Waals surface area contributed by atoms with Crippen LogP contribution in [0.1, 0.15) is 19.3 Å². The van der Waals surface area contributed by atoms with Crippen LogP contribution in [-0.4, -0.2) is 28.4 Å². The Bertz CT molecular complexity index is 539. The lowest BCUT2D eigenvalue weighted by atomic mass is 9.91. The van der Waals surface area contributed by atoms with E-state index in [0.717, 1.165) is 23.4 Å². The van der Waals surface area contributed by atoms with Gasteiger partial charge in [-0.25, -0.2) is 4.98 Å². The number of alkyl halides is 1. The molecule has 0 saturated heterocycles. The molecule has 0 radical (unpaired) electrons. The van der Waals surface area contributed by atoms with Crippen molar-refractivity contribution in [1.82, 2.24) is 9.97 Å². The quantitative estimate of drug-likeness (QED) is 0.792. The number of para-hydroxylation sites is 2. The Hall–Kier alpha value is -1.35. The Morgan fingerprint density at radius 2 is 2.00 bits per heavy atom. The first-order valence-electron chi connectivity index (χ1n) is 6.43. The van der Waals surface area contributed by atoms with Crippen molar-refractivity contribution < 1.29 is 0 Å². The molecule has 3 rings (SSSR count). The maximum absolute atomic E-state index is 5.90. The van der Waals surface area contributed by atoms with Gasteiger partial charge in [-0.2, -0.15) is 0 Å². The van der Waals surface area contributed by atoms with Crippen molar-refractivity contribution in [2.45, 2.75) is 25.3 Å². The van der Waals surface area contributed by atoms with Crippen LogP contribution in [0.5, 0.6) is 0 Å². The Kier molecular flexibility index (Phi) is 3.33. The van der Waals surface area contributed by atoms with E-state index in [1.165, 1.54) is 19.3 Å². The van der Waals surface area contributed by atoms with Crippen LogP contribution in [0.15, 0.2) is 30.5 Å². The third-order valence-corrected chi connectivity index (χ3v) is 3.74. The molecule has 0 spiro atoms. The van der Waals surface area contributed by atoms with Crippen molar-refractivity contribution in [2.75, 3.05) is 17.3 Å². The summed E-state index contributed by atoms with van der Waals surface area (Å²) in [5, 5.41) is 0. The van der Waals surface area contributed by atoms with Crippen molar-refractivity contribution in [3.63, 3.8) is 0 Å². The predicted molar refractivity (Wildman–Crippen MR) is 75.2 cm³/mol. The molecule has 18 heavy (non-hydrogen) atoms. The van der Waals surface area contributed by atoms with Gasteiger partial charge < -0.3 is 4.90 Å². The second kappa shape index (κ2) is 5.11. The molecule has 1 heterocycles. The van der Waals surface area contributed by atoms with Crippen molar-refractivity contribution >= 4 is 28.5 Å². The lowest BCUT2D eigenvalue weighted by Gasteiger charge is -2.38. The smallest absolute Gasteiger partial charge is 0.148 e. The van der Waals surface area contributed by atoms with Gasteiger partial charge in [0, 0.05) is 18.5 Å². The van der Waals surface area contributed by atoms with Gasteiger partial charge in [0.1, 0.15) is 5.82 Å². The fraction of sp³-hybridized carbons (Fsp3) is 0.429. The molecular formula is C14H16ClN3. The number of nitrogens with zero attached hydrogens (tertiary/aromatic N) is 3. The monoisotopic (exact) mass is 261 g/mol. The average molecular weight is 262 g/mol. The zero-order valence-electron chi connectivity index (χ0n) is 10.2. The van der Waals surface area contributed by atoms with Crippen LogP contribution in [0.3, 0.4) is 0 Å². The second-order valence-corrected chi connectivity index (χ2v) is 5.06. The third kappa shape index (κ3) is 2.15. The summed E-state index contributed by atoms with van der Waals surface area (Å²) in [5.41, 5.74) is 1.90. The minimum absolute atomic E-state index is 0.596. The van der Waals surface area contributed by atoms with E-state index in [9.17, 15) is 0 Å². The molecule has 2 aromatic rings. The molecule has 1 fully saturated rings. The van der Waals surface area contributed by atoms with Gasteiger partial charge in [-0.15, -0.1) is 11.6 Å². The molecule has 94 valence electrons. The summed E-state index contributed by atoms with van der Waals surface area (Å²) in [4.78, 5) is 11.5. The Morgan fingerprint density at radius 1 is 1.22 bits per heavy atom. The lowest BCUT2D eigenvalue weighted by Crippen LogP contribution is -2.42. The maximum atomic E-state index is 5.90. The highest BCUT2D eigenvalue weighted by Gasteiger charge is 2.25. The minimum atomic E-state index is 0.596. The maximum Gasteiger partial charge on any atom is 0.148 e. The van der Waals surface area contributed by atoms with E-state index in [-0.39, 0.29) is 0 Å². The van der Waals surface area contributed by atoms with Gasteiger partial charge in [-0.3, -0.25) is 4.98 Å². The molecule has 0 N–H and O–H groups in total. The summed E-state index contributed by atoms with van der Waals surface area (Å²) >= 11 is 5.90. The summed E-state index contributed by atoms with van der Waals surface area (Å²) in [6.45, 7) is 0.846. The number of fused-ring (bicyclic) bond motifs is 1. The van der Waals surface area contributed by atoms with Crippen LogP contribution >= 0.6 is 11.6 Å². The Labute approximate surface area is 112 Å². The van der Waals surface area contributed by atoms with Crippen molar-refractivity contribution in [3.05, 3.63) is 30.5 Å². The van der Waals surface area contributed by atoms with Crippen LogP contribution in [0, 0.1) is 0 Å². The molecule has 1 aromatic heterocycles. The molecule has 1 aliphatic rings. The highest BCUT2D eigenvalue weighted by molar-refractivity contribution is 6.18. The van der Waals surface area contributed by atoms with Gasteiger partial charge in [0.15, 0.2) is 0 Å². The zero-order chi connectivity index (χ0) is 12.4. The molecule has 0 unspecified atom stereocenters. The molecule has 0 aliphatic heterocycles. The van der Waals surface area contributed by atoms with Crippen molar-refractivity contribution in [1.29, 1.82) is 0 Å². The highest BCUT2D eigenvalue weighted by atomic mass is 35.5. The first-order chi connectivity index (χ1) is 8.88. The summed E-state index contributed by atoms with van der Waals surface area (Å²) in [6, 6.07) is 8.57. The van der Waals surface area contributed by atoms with E-state index in [2.05, 4.69) is 9.88 Å². The molecule has 0 amide bonds. The summed E-state index contributed by atoms with van der Waals surface area (Å²) in [6.07, 6.45) is 5.66. The van der Waals surface area contributed by atoms with Crippen molar-refractivity contribution in [3.8, 4) is 0 Å². The van der Waals surface area contributed by atoms with E-state index in [0.29, 0.717) is 11.9 Å². The standard InChI is InChI=1S/C14H16ClN3/c15-8-9-18(11-4-3-5-11)14-10-16-12-6-1-2-7-13(12)17-14/h1-2,6-7,10-11H,3-5,8-9H2. The van der Waals surface area contributed by atoms with Gasteiger partial charge in [0.05, 0.1) is 17.2 Å². The Balaban J connectivity index is 1.95. The molecule has 3 nitrogen and oxygen atoms in total. The SMILES string of the molecule is ClCCN(c1cnc2ccccc2n1)C1CCC1. The van der Waals surface area contributed by atoms with E-state index in [4.69, 9.17) is 16.6 Å². The van der Waals surface area contributed by atoms with Crippen LogP contribution in [0.2, 0.25) is 0 Å². The second-order valence-electron chi connectivity index (χ2n) is 4.68. The number of aromatic nitrogens is 2. The average Bonchev–Trinajstić information content (AvgIpc) is 2.35. The van der Waals surface area contributed by atoms with Gasteiger partial charge in [0.2, 0.25) is 0 Å². The van der Waals surface area contributed by atoms with Gasteiger partial charge >= 0.3 is 0 Å². The fourth-order valence-corrected chi connectivity index (χ4v) is 2.54. The van der Waals surface area contributed by atoms with Gasteiger partial charge in [-0.05, 0) is 31.4 Å². The zero-order valence-corrected chi connectivity index (χ0v) is 11.0. The van der Waals surface area contributed by atoms with Gasteiger partial charge in [0.25, 0.3) is 0 Å². The van der Waals surface area contributed by atoms with E-state index in [1.54, 1.807) is 0 Å². The molecule has 0 bridgehead atoms. The number of hydrogen-bond acceptors (Lipinski definition) is 3. The lowest BCUT2D eigenvalue weighted by molar-refractivity contribution is 0.388. The van der Waals surface area contributed by atoms with Crippen LogP contribution in [-0.2, 0) is 0 Å². The molecule has 1 aliphatic carbocycles. The summed E-state index contributed by atoms with van der Waals surface area (Å²) in [5.74, 6) is 1.59. The fourth-order valence-electron chi connectivity index (χ4n) is 2.36. The first kappa shape index (κ1) is 11.7. The van der Waals surface area contributed by atoms with E-state index in [1.807, 2.05) is 30.5 Å². The number of hydrogen-bond donors (Lipinski definition) is 0. The number of benzene rings is 1. The predicted octanol–water partition coefficient (Wildman–Crippen LogP) is 3.23. The first-order valence-corrected chi connectivity index (χ1v) is 6.96. The molecule has 1 saturated carbocycles. The largest absolute Gasteiger partial charge is 0.351 e. The van der Waals surface area contributed by atoms with E-state index < -0.39 is 0 Å². The van der Waals surface area contributed by atoms with Crippen LogP contribution < -0.4 is 4.90 Å². The van der Waals surface area contributed by atoms with Crippen molar-refractivity contribution in [2.24, 2.45) is 0 Å². The normalized spacial score (nSPS) is 15.6. The molecule has 1 aromatic carbocycles. The third-order valence-electron chi connectivity index (χ3n) is 3.57. The number of anilines is 1. The van der Waals surface area contributed by atoms with Gasteiger partial charge in [-0.1, -0.05) is 12.1 Å². The summed E-state index contributed by atoms with van der Waals surface area (Å²) in [7, 11) is 0. The topological polar surface area (TPSA) is 29.0 Å². The molecule has 4 heteroatoms. The highest BCUT2D eigenvalue weighted by Crippen LogP contribution is 2.28. The molecule has 0 atom stereocenters. The molecular weight excluding hydrogens is 246 g/mol. The minimum Gasteiger partial charge on any atom is -0.351 e. The Morgan fingerprint density at radius 3 is 2.67 bits per heavy atom. The summed E-state index contributed by atoms with van der Waals surface area (Å²) < 4.78 is 0. The van der Waals surface area contributed by atoms with Crippen LogP contribution in [0.25, 0.3) is 11.0 Å². The van der Waals surface area contributed by atoms with Crippen LogP contribution in [0.4, 0.5) is 5.82 Å². The number of rotatable bonds is 4.